The number of aliphatic hydroxyl groups excluding tert-OH is 1. The van der Waals surface area contributed by atoms with E-state index in [0.29, 0.717) is 42.5 Å². The molecule has 30 heavy (non-hydrogen) atoms. The molecule has 1 fully saturated rings. The maximum absolute atomic E-state index is 12.9. The number of ketones is 1. The molecule has 0 radical (unpaired) electrons. The Kier molecular flexibility index (Phi) is 6.42. The zero-order chi connectivity index (χ0) is 21.8. The van der Waals surface area contributed by atoms with Crippen LogP contribution in [0.1, 0.15) is 23.1 Å². The van der Waals surface area contributed by atoms with Crippen molar-refractivity contribution in [3.05, 3.63) is 71.7 Å². The summed E-state index contributed by atoms with van der Waals surface area (Å²) in [5, 5.41) is 11.0. The highest BCUT2D eigenvalue weighted by Crippen LogP contribution is 2.40. The van der Waals surface area contributed by atoms with Gasteiger partial charge in [-0.05, 0) is 57.4 Å². The molecule has 0 saturated carbocycles. The number of benzene rings is 1. The standard InChI is InChI=1S/C23H26N2O5/c1-5-14-29-17-9-7-16(8-10-17)21(26)19-20(18-11-6-15(2)30-18)25(13-12-24(3)4)23(28)22(19)27/h5-11,20,26H,1,12-14H2,2-4H3/b21-19+/t20-/m0/s1. The van der Waals surface area contributed by atoms with Crippen LogP contribution in [-0.2, 0) is 9.59 Å². The number of nitrogens with zero attached hydrogens (tertiary/aromatic N) is 2. The molecule has 3 rings (SSSR count). The lowest BCUT2D eigenvalue weighted by molar-refractivity contribution is -0.140. The average molecular weight is 410 g/mol. The van der Waals surface area contributed by atoms with E-state index in [0.717, 1.165) is 0 Å². The van der Waals surface area contributed by atoms with Crippen molar-refractivity contribution in [3.8, 4) is 5.75 Å². The second kappa shape index (κ2) is 9.00. The number of hydrogen-bond acceptors (Lipinski definition) is 6. The fraction of sp³-hybridized carbons (Fsp3) is 0.304. The highest BCUT2D eigenvalue weighted by Gasteiger charge is 2.47. The molecular weight excluding hydrogens is 384 g/mol. The van der Waals surface area contributed by atoms with Gasteiger partial charge in [0, 0.05) is 18.7 Å². The predicted octanol–water partition coefficient (Wildman–Crippen LogP) is 3.14. The van der Waals surface area contributed by atoms with E-state index in [1.165, 1.54) is 4.90 Å². The molecule has 158 valence electrons. The lowest BCUT2D eigenvalue weighted by Crippen LogP contribution is -2.35. The van der Waals surface area contributed by atoms with Gasteiger partial charge >= 0.3 is 0 Å². The number of Topliss-reactive ketones (excluding diaryl/α,β-unsaturated/α-hetero) is 1. The Bertz CT molecular complexity index is 972. The number of furan rings is 1. The monoisotopic (exact) mass is 410 g/mol. The molecule has 7 heteroatoms. The maximum atomic E-state index is 12.9. The first kappa shape index (κ1) is 21.4. The fourth-order valence-electron chi connectivity index (χ4n) is 3.33. The van der Waals surface area contributed by atoms with Crippen LogP contribution in [0, 0.1) is 6.92 Å². The van der Waals surface area contributed by atoms with Crippen LogP contribution in [0.15, 0.2) is 59.0 Å². The SMILES string of the molecule is C=CCOc1ccc(/C(O)=C2\C(=O)C(=O)N(CCN(C)C)[C@H]2c2ccc(C)o2)cc1. The second-order valence-corrected chi connectivity index (χ2v) is 7.37. The second-order valence-electron chi connectivity index (χ2n) is 7.37. The first-order chi connectivity index (χ1) is 14.3. The van der Waals surface area contributed by atoms with Crippen molar-refractivity contribution in [2.75, 3.05) is 33.8 Å². The largest absolute Gasteiger partial charge is 0.507 e. The molecule has 1 saturated heterocycles. The Labute approximate surface area is 175 Å². The summed E-state index contributed by atoms with van der Waals surface area (Å²) < 4.78 is 11.2. The van der Waals surface area contributed by atoms with E-state index in [1.54, 1.807) is 49.4 Å². The Morgan fingerprint density at radius 1 is 1.23 bits per heavy atom. The quantitative estimate of drug-likeness (QED) is 0.312. The summed E-state index contributed by atoms with van der Waals surface area (Å²) in [5.74, 6) is 0.0941. The van der Waals surface area contributed by atoms with Crippen molar-refractivity contribution in [1.82, 2.24) is 9.80 Å². The van der Waals surface area contributed by atoms with E-state index in [4.69, 9.17) is 9.15 Å². The first-order valence-electron chi connectivity index (χ1n) is 9.67. The van der Waals surface area contributed by atoms with E-state index in [2.05, 4.69) is 6.58 Å². The molecule has 2 aromatic rings. The van der Waals surface area contributed by atoms with Gasteiger partial charge in [-0.2, -0.15) is 0 Å². The summed E-state index contributed by atoms with van der Waals surface area (Å²) in [4.78, 5) is 29.0. The molecule has 1 amide bonds. The molecule has 1 N–H and O–H groups in total. The third-order valence-electron chi connectivity index (χ3n) is 4.85. The van der Waals surface area contributed by atoms with Crippen LogP contribution in [0.4, 0.5) is 0 Å². The molecule has 2 heterocycles. The molecule has 0 spiro atoms. The topological polar surface area (TPSA) is 83.2 Å². The number of rotatable bonds is 8. The van der Waals surface area contributed by atoms with E-state index in [1.807, 2.05) is 19.0 Å². The Balaban J connectivity index is 2.03. The van der Waals surface area contributed by atoms with Crippen LogP contribution in [0.25, 0.3) is 5.76 Å². The summed E-state index contributed by atoms with van der Waals surface area (Å²) in [5.41, 5.74) is 0.438. The van der Waals surface area contributed by atoms with Crippen LogP contribution < -0.4 is 4.74 Å². The molecule has 1 aromatic heterocycles. The van der Waals surface area contributed by atoms with Crippen LogP contribution in [0.3, 0.4) is 0 Å². The van der Waals surface area contributed by atoms with Crippen LogP contribution in [-0.4, -0.2) is 60.4 Å². The maximum Gasteiger partial charge on any atom is 0.295 e. The van der Waals surface area contributed by atoms with Crippen LogP contribution in [0.5, 0.6) is 5.75 Å². The smallest absolute Gasteiger partial charge is 0.295 e. The number of likely N-dealkylation sites (tertiary alicyclic amines) is 1. The molecule has 1 aliphatic heterocycles. The van der Waals surface area contributed by atoms with Crippen LogP contribution >= 0.6 is 0 Å². The first-order valence-corrected chi connectivity index (χ1v) is 9.67. The van der Waals surface area contributed by atoms with Gasteiger partial charge in [0.25, 0.3) is 11.7 Å². The third kappa shape index (κ3) is 4.31. The van der Waals surface area contributed by atoms with Crippen molar-refractivity contribution in [3.63, 3.8) is 0 Å². The molecule has 0 unspecified atom stereocenters. The van der Waals surface area contributed by atoms with Gasteiger partial charge in [0.2, 0.25) is 0 Å². The molecule has 1 atom stereocenters. The Morgan fingerprint density at radius 3 is 2.50 bits per heavy atom. The van der Waals surface area contributed by atoms with Gasteiger partial charge < -0.3 is 24.1 Å². The normalized spacial score (nSPS) is 18.3. The molecule has 0 aliphatic carbocycles. The van der Waals surface area contributed by atoms with Gasteiger partial charge in [0.1, 0.15) is 35.7 Å². The van der Waals surface area contributed by atoms with Crippen molar-refractivity contribution in [2.24, 2.45) is 0 Å². The number of carbonyl (C=O) groups excluding carboxylic acids is 2. The summed E-state index contributed by atoms with van der Waals surface area (Å²) in [7, 11) is 3.78. The van der Waals surface area contributed by atoms with Gasteiger partial charge in [-0.1, -0.05) is 12.7 Å². The number of aryl methyl sites for hydroxylation is 1. The van der Waals surface area contributed by atoms with Crippen LogP contribution in [0.2, 0.25) is 0 Å². The minimum Gasteiger partial charge on any atom is -0.507 e. The average Bonchev–Trinajstić information content (AvgIpc) is 3.26. The van der Waals surface area contributed by atoms with E-state index in [-0.39, 0.29) is 11.3 Å². The molecular formula is C23H26N2O5. The van der Waals surface area contributed by atoms with Gasteiger partial charge in [-0.25, -0.2) is 0 Å². The van der Waals surface area contributed by atoms with Gasteiger partial charge in [0.05, 0.1) is 5.57 Å². The highest BCUT2D eigenvalue weighted by atomic mass is 16.5. The predicted molar refractivity (Wildman–Crippen MR) is 113 cm³/mol. The molecule has 0 bridgehead atoms. The highest BCUT2D eigenvalue weighted by molar-refractivity contribution is 6.46. The number of likely N-dealkylation sites (N-methyl/N-ethyl adjacent to an activating group) is 1. The number of hydrogen-bond donors (Lipinski definition) is 1. The zero-order valence-electron chi connectivity index (χ0n) is 17.4. The van der Waals surface area contributed by atoms with Gasteiger partial charge in [0.15, 0.2) is 0 Å². The van der Waals surface area contributed by atoms with Crippen molar-refractivity contribution < 1.29 is 23.8 Å². The van der Waals surface area contributed by atoms with Gasteiger partial charge in [-0.3, -0.25) is 9.59 Å². The Hall–Kier alpha value is -3.32. The third-order valence-corrected chi connectivity index (χ3v) is 4.85. The fourth-order valence-corrected chi connectivity index (χ4v) is 3.33. The minimum atomic E-state index is -0.782. The summed E-state index contributed by atoms with van der Waals surface area (Å²) in [6.45, 7) is 6.65. The molecule has 7 nitrogen and oxygen atoms in total. The number of aliphatic hydroxyl groups is 1. The summed E-state index contributed by atoms with van der Waals surface area (Å²) in [6, 6.07) is 9.38. The van der Waals surface area contributed by atoms with Crippen molar-refractivity contribution >= 4 is 17.4 Å². The van der Waals surface area contributed by atoms with E-state index in [9.17, 15) is 14.7 Å². The van der Waals surface area contributed by atoms with Crippen molar-refractivity contribution in [1.29, 1.82) is 0 Å². The summed E-state index contributed by atoms with van der Waals surface area (Å²) in [6.07, 6.45) is 1.63. The number of amides is 1. The summed E-state index contributed by atoms with van der Waals surface area (Å²) >= 11 is 0. The minimum absolute atomic E-state index is 0.0212. The zero-order valence-corrected chi connectivity index (χ0v) is 17.4. The number of ether oxygens (including phenoxy) is 1. The van der Waals surface area contributed by atoms with Gasteiger partial charge in [-0.15, -0.1) is 0 Å². The van der Waals surface area contributed by atoms with Crippen molar-refractivity contribution in [2.45, 2.75) is 13.0 Å². The van der Waals surface area contributed by atoms with E-state index < -0.39 is 17.7 Å². The lowest BCUT2D eigenvalue weighted by Gasteiger charge is -2.24. The number of carbonyl (C=O) groups is 2. The molecule has 1 aliphatic rings. The Morgan fingerprint density at radius 2 is 1.93 bits per heavy atom. The molecule has 1 aromatic carbocycles. The lowest BCUT2D eigenvalue weighted by atomic mass is 9.99. The van der Waals surface area contributed by atoms with E-state index >= 15 is 0 Å².